The molecule has 1 spiro atoms. The largest absolute Gasteiger partial charge is 0.314 e. The normalized spacial score (nSPS) is 25.4. The third-order valence-corrected chi connectivity index (χ3v) is 7.93. The molecule has 0 N–H and O–H groups in total. The first-order valence-electron chi connectivity index (χ1n) is 10.4. The van der Waals surface area contributed by atoms with Crippen molar-refractivity contribution in [3.8, 4) is 0 Å². The molecule has 1 unspecified atom stereocenters. The fourth-order valence-electron chi connectivity index (χ4n) is 4.77. The topological polar surface area (TPSA) is 40.6 Å². The van der Waals surface area contributed by atoms with E-state index in [0.29, 0.717) is 13.1 Å². The summed E-state index contributed by atoms with van der Waals surface area (Å²) < 4.78 is -0.176. The van der Waals surface area contributed by atoms with Gasteiger partial charge in [-0.2, -0.15) is 0 Å². The smallest absolute Gasteiger partial charge is 0.268 e. The summed E-state index contributed by atoms with van der Waals surface area (Å²) in [6.07, 6.45) is 3.00. The molecule has 2 fully saturated rings. The molecule has 2 amide bonds. The van der Waals surface area contributed by atoms with Gasteiger partial charge in [-0.15, -0.1) is 11.8 Å². The van der Waals surface area contributed by atoms with Crippen molar-refractivity contribution in [3.05, 3.63) is 65.7 Å². The van der Waals surface area contributed by atoms with Gasteiger partial charge >= 0.3 is 0 Å². The van der Waals surface area contributed by atoms with Crippen LogP contribution in [0.5, 0.6) is 0 Å². The van der Waals surface area contributed by atoms with Gasteiger partial charge in [0.1, 0.15) is 0 Å². The molecule has 2 heterocycles. The zero-order valence-corrected chi connectivity index (χ0v) is 17.7. The number of para-hydroxylation sites is 1. The number of fused-ring (bicyclic) bond motifs is 2. The van der Waals surface area contributed by atoms with Gasteiger partial charge in [0.05, 0.1) is 12.2 Å². The first-order valence-corrected chi connectivity index (χ1v) is 11.2. The third kappa shape index (κ3) is 2.82. The lowest BCUT2D eigenvalue weighted by atomic mass is 9.83. The molecule has 1 saturated heterocycles. The fourth-order valence-corrected chi connectivity index (χ4v) is 6.51. The second-order valence-electron chi connectivity index (χ2n) is 8.95. The standard InChI is InChI=1S/C24H26N2O2S/c1-23(2)16-26(21(27)18-11-8-12-18)24(29-23)19-13-6-7-14-20(19)25(22(24)28)15-17-9-4-3-5-10-17/h3-7,9-10,13-14,18H,8,11-12,15-16H2,1-2H3. The molecule has 1 saturated carbocycles. The lowest BCUT2D eigenvalue weighted by molar-refractivity contribution is -0.146. The molecule has 0 aromatic heterocycles. The summed E-state index contributed by atoms with van der Waals surface area (Å²) in [5.41, 5.74) is 2.98. The maximum Gasteiger partial charge on any atom is 0.268 e. The Morgan fingerprint density at radius 1 is 1.07 bits per heavy atom. The Labute approximate surface area is 176 Å². The van der Waals surface area contributed by atoms with Gasteiger partial charge in [0.2, 0.25) is 5.91 Å². The zero-order chi connectivity index (χ0) is 20.2. The van der Waals surface area contributed by atoms with E-state index < -0.39 is 4.87 Å². The monoisotopic (exact) mass is 406 g/mol. The van der Waals surface area contributed by atoms with E-state index in [1.165, 1.54) is 0 Å². The van der Waals surface area contributed by atoms with E-state index in [0.717, 1.165) is 36.1 Å². The number of carbonyl (C=O) groups is 2. The van der Waals surface area contributed by atoms with Crippen LogP contribution in [0.3, 0.4) is 0 Å². The number of amides is 2. The molecule has 0 radical (unpaired) electrons. The number of benzene rings is 2. The van der Waals surface area contributed by atoms with Gasteiger partial charge in [0.15, 0.2) is 4.87 Å². The van der Waals surface area contributed by atoms with E-state index in [2.05, 4.69) is 13.8 Å². The molecule has 0 bridgehead atoms. The Morgan fingerprint density at radius 3 is 2.45 bits per heavy atom. The van der Waals surface area contributed by atoms with E-state index in [-0.39, 0.29) is 22.5 Å². The van der Waals surface area contributed by atoms with Crippen molar-refractivity contribution < 1.29 is 9.59 Å². The lowest BCUT2D eigenvalue weighted by Gasteiger charge is -2.37. The first kappa shape index (κ1) is 18.7. The first-order chi connectivity index (χ1) is 13.9. The molecule has 3 aliphatic rings. The molecule has 1 atom stereocenters. The molecule has 5 rings (SSSR count). The van der Waals surface area contributed by atoms with Crippen LogP contribution in [-0.4, -0.2) is 28.0 Å². The van der Waals surface area contributed by atoms with Gasteiger partial charge < -0.3 is 9.80 Å². The van der Waals surface area contributed by atoms with Gasteiger partial charge in [0, 0.05) is 22.8 Å². The molecule has 29 heavy (non-hydrogen) atoms. The average molecular weight is 407 g/mol. The number of anilines is 1. The Hall–Kier alpha value is -2.27. The summed E-state index contributed by atoms with van der Waals surface area (Å²) >= 11 is 1.65. The highest BCUT2D eigenvalue weighted by Gasteiger charge is 2.64. The maximum absolute atomic E-state index is 14.0. The molecule has 4 nitrogen and oxygen atoms in total. The second kappa shape index (κ2) is 6.63. The van der Waals surface area contributed by atoms with E-state index in [9.17, 15) is 9.59 Å². The predicted octanol–water partition coefficient (Wildman–Crippen LogP) is 4.54. The summed E-state index contributed by atoms with van der Waals surface area (Å²) in [5, 5.41) is 0. The summed E-state index contributed by atoms with van der Waals surface area (Å²) in [5.74, 6) is 0.245. The molecular weight excluding hydrogens is 380 g/mol. The number of rotatable bonds is 3. The quantitative estimate of drug-likeness (QED) is 0.751. The lowest BCUT2D eigenvalue weighted by Crippen LogP contribution is -2.52. The van der Waals surface area contributed by atoms with Crippen LogP contribution in [0.15, 0.2) is 54.6 Å². The van der Waals surface area contributed by atoms with Crippen LogP contribution in [0.4, 0.5) is 5.69 Å². The summed E-state index contributed by atoms with van der Waals surface area (Å²) in [6.45, 7) is 5.41. The molecule has 1 aliphatic carbocycles. The fraction of sp³-hybridized carbons (Fsp3) is 0.417. The molecular formula is C24H26N2O2S. The number of carbonyl (C=O) groups excluding carboxylic acids is 2. The highest BCUT2D eigenvalue weighted by molar-refractivity contribution is 8.02. The SMILES string of the molecule is CC1(C)CN(C(=O)C2CCC2)C2(S1)C(=O)N(Cc1ccccc1)c1ccccc12. The van der Waals surface area contributed by atoms with Crippen LogP contribution in [0.1, 0.15) is 44.2 Å². The van der Waals surface area contributed by atoms with Gasteiger partial charge in [-0.1, -0.05) is 55.0 Å². The minimum atomic E-state index is -0.943. The Bertz CT molecular complexity index is 970. The van der Waals surface area contributed by atoms with E-state index >= 15 is 0 Å². The van der Waals surface area contributed by atoms with Crippen molar-refractivity contribution in [2.45, 2.75) is 49.3 Å². The van der Waals surface area contributed by atoms with Crippen LogP contribution in [-0.2, 0) is 21.0 Å². The Kier molecular flexibility index (Phi) is 4.28. The highest BCUT2D eigenvalue weighted by Crippen LogP contribution is 2.60. The summed E-state index contributed by atoms with van der Waals surface area (Å²) in [4.78, 5) is 30.3. The van der Waals surface area contributed by atoms with Crippen molar-refractivity contribution in [1.29, 1.82) is 0 Å². The van der Waals surface area contributed by atoms with Crippen molar-refractivity contribution in [3.63, 3.8) is 0 Å². The summed E-state index contributed by atoms with van der Waals surface area (Å²) in [7, 11) is 0. The zero-order valence-electron chi connectivity index (χ0n) is 16.9. The van der Waals surface area contributed by atoms with Gasteiger partial charge in [-0.05, 0) is 38.3 Å². The van der Waals surface area contributed by atoms with Crippen LogP contribution in [0.2, 0.25) is 0 Å². The van der Waals surface area contributed by atoms with Crippen molar-refractivity contribution in [1.82, 2.24) is 4.90 Å². The maximum atomic E-state index is 14.0. The molecule has 150 valence electrons. The second-order valence-corrected chi connectivity index (χ2v) is 10.9. The molecule has 5 heteroatoms. The van der Waals surface area contributed by atoms with E-state index in [4.69, 9.17) is 0 Å². The van der Waals surface area contributed by atoms with Crippen LogP contribution in [0.25, 0.3) is 0 Å². The van der Waals surface area contributed by atoms with E-state index in [1.54, 1.807) is 11.8 Å². The Morgan fingerprint density at radius 2 is 1.76 bits per heavy atom. The number of nitrogens with zero attached hydrogens (tertiary/aromatic N) is 2. The third-order valence-electron chi connectivity index (χ3n) is 6.34. The number of hydrogen-bond acceptors (Lipinski definition) is 3. The van der Waals surface area contributed by atoms with Crippen molar-refractivity contribution in [2.24, 2.45) is 5.92 Å². The van der Waals surface area contributed by atoms with Crippen LogP contribution < -0.4 is 4.90 Å². The van der Waals surface area contributed by atoms with Gasteiger partial charge in [-0.3, -0.25) is 9.59 Å². The highest BCUT2D eigenvalue weighted by atomic mass is 32.2. The number of thioether (sulfide) groups is 1. The Balaban J connectivity index is 1.61. The van der Waals surface area contributed by atoms with Crippen molar-refractivity contribution in [2.75, 3.05) is 11.4 Å². The predicted molar refractivity (Wildman–Crippen MR) is 116 cm³/mol. The van der Waals surface area contributed by atoms with Gasteiger partial charge in [-0.25, -0.2) is 0 Å². The average Bonchev–Trinajstić information content (AvgIpc) is 3.08. The summed E-state index contributed by atoms with van der Waals surface area (Å²) in [6, 6.07) is 18.1. The van der Waals surface area contributed by atoms with Crippen molar-refractivity contribution >= 4 is 29.3 Å². The minimum Gasteiger partial charge on any atom is -0.314 e. The number of hydrogen-bond donors (Lipinski definition) is 0. The molecule has 2 aliphatic heterocycles. The van der Waals surface area contributed by atoms with Gasteiger partial charge in [0.25, 0.3) is 5.91 Å². The molecule has 2 aromatic carbocycles. The van der Waals surface area contributed by atoms with Crippen LogP contribution in [0, 0.1) is 5.92 Å². The van der Waals surface area contributed by atoms with E-state index in [1.807, 2.05) is 64.4 Å². The molecule has 2 aromatic rings. The minimum absolute atomic E-state index is 0.0193. The van der Waals surface area contributed by atoms with Crippen LogP contribution >= 0.6 is 11.8 Å².